The maximum absolute atomic E-state index is 10.1. The standard InChI is InChI=1S/C23H33NO/c1-3-4-5-6-7-8-9-10-20-13-16-23(25)21(17-20)18-24-22-14-11-19(2)12-15-22/h11-17,24-25H,3-10,18H2,1-2H3. The summed E-state index contributed by atoms with van der Waals surface area (Å²) in [6, 6.07) is 14.4. The second kappa shape index (κ2) is 10.8. The van der Waals surface area contributed by atoms with Crippen LogP contribution in [0.2, 0.25) is 0 Å². The highest BCUT2D eigenvalue weighted by Gasteiger charge is 2.04. The number of hydrogen-bond acceptors (Lipinski definition) is 2. The first-order chi connectivity index (χ1) is 12.2. The van der Waals surface area contributed by atoms with Crippen molar-refractivity contribution in [3.63, 3.8) is 0 Å². The molecule has 0 spiro atoms. The van der Waals surface area contributed by atoms with Gasteiger partial charge in [-0.25, -0.2) is 0 Å². The van der Waals surface area contributed by atoms with Gasteiger partial charge in [-0.05, 0) is 43.5 Å². The molecule has 136 valence electrons. The zero-order valence-electron chi connectivity index (χ0n) is 15.9. The molecule has 0 aliphatic rings. The van der Waals surface area contributed by atoms with E-state index >= 15 is 0 Å². The minimum atomic E-state index is 0.378. The highest BCUT2D eigenvalue weighted by molar-refractivity contribution is 5.46. The van der Waals surface area contributed by atoms with Gasteiger partial charge in [0.05, 0.1) is 0 Å². The van der Waals surface area contributed by atoms with Gasteiger partial charge in [0.1, 0.15) is 5.75 Å². The van der Waals surface area contributed by atoms with Crippen LogP contribution in [0.25, 0.3) is 0 Å². The van der Waals surface area contributed by atoms with Crippen LogP contribution in [0.15, 0.2) is 42.5 Å². The van der Waals surface area contributed by atoms with Crippen molar-refractivity contribution in [2.24, 2.45) is 0 Å². The minimum absolute atomic E-state index is 0.378. The number of rotatable bonds is 11. The molecule has 25 heavy (non-hydrogen) atoms. The lowest BCUT2D eigenvalue weighted by atomic mass is 10.0. The number of phenols is 1. The Bertz CT molecular complexity index is 618. The smallest absolute Gasteiger partial charge is 0.120 e. The van der Waals surface area contributed by atoms with E-state index in [1.807, 2.05) is 6.07 Å². The zero-order valence-corrected chi connectivity index (χ0v) is 15.9. The molecule has 0 fully saturated rings. The normalized spacial score (nSPS) is 10.8. The lowest BCUT2D eigenvalue weighted by molar-refractivity contribution is 0.468. The van der Waals surface area contributed by atoms with Crippen LogP contribution in [0, 0.1) is 6.92 Å². The summed E-state index contributed by atoms with van der Waals surface area (Å²) >= 11 is 0. The van der Waals surface area contributed by atoms with Gasteiger partial charge in [0.2, 0.25) is 0 Å². The topological polar surface area (TPSA) is 32.3 Å². The van der Waals surface area contributed by atoms with E-state index in [9.17, 15) is 5.11 Å². The molecular weight excluding hydrogens is 306 g/mol. The third-order valence-electron chi connectivity index (χ3n) is 4.75. The highest BCUT2D eigenvalue weighted by atomic mass is 16.3. The summed E-state index contributed by atoms with van der Waals surface area (Å²) in [5, 5.41) is 13.5. The minimum Gasteiger partial charge on any atom is -0.508 e. The number of benzene rings is 2. The van der Waals surface area contributed by atoms with Gasteiger partial charge in [-0.3, -0.25) is 0 Å². The van der Waals surface area contributed by atoms with Crippen molar-refractivity contribution in [1.29, 1.82) is 0 Å². The maximum atomic E-state index is 10.1. The monoisotopic (exact) mass is 339 g/mol. The number of phenolic OH excluding ortho intramolecular Hbond substituents is 1. The van der Waals surface area contributed by atoms with Gasteiger partial charge in [-0.1, -0.05) is 75.3 Å². The van der Waals surface area contributed by atoms with Crippen molar-refractivity contribution in [1.82, 2.24) is 0 Å². The summed E-state index contributed by atoms with van der Waals surface area (Å²) in [5.41, 5.74) is 4.64. The molecule has 0 radical (unpaired) electrons. The molecule has 0 atom stereocenters. The first-order valence-corrected chi connectivity index (χ1v) is 9.80. The Labute approximate surface area is 153 Å². The molecule has 0 heterocycles. The van der Waals surface area contributed by atoms with Gasteiger partial charge >= 0.3 is 0 Å². The summed E-state index contributed by atoms with van der Waals surface area (Å²) < 4.78 is 0. The molecule has 0 saturated carbocycles. The average molecular weight is 340 g/mol. The fourth-order valence-corrected chi connectivity index (χ4v) is 3.09. The third kappa shape index (κ3) is 7.21. The van der Waals surface area contributed by atoms with Crippen LogP contribution in [0.1, 0.15) is 68.6 Å². The molecule has 2 aromatic carbocycles. The van der Waals surface area contributed by atoms with E-state index in [-0.39, 0.29) is 0 Å². The first-order valence-electron chi connectivity index (χ1n) is 9.80. The Hall–Kier alpha value is -1.96. The van der Waals surface area contributed by atoms with Crippen molar-refractivity contribution in [3.8, 4) is 5.75 Å². The molecular formula is C23H33NO. The van der Waals surface area contributed by atoms with Crippen LogP contribution in [0.4, 0.5) is 5.69 Å². The predicted octanol–water partition coefficient (Wildman–Crippen LogP) is 6.61. The maximum Gasteiger partial charge on any atom is 0.120 e. The molecule has 2 rings (SSSR count). The summed E-state index contributed by atoms with van der Waals surface area (Å²) in [6.07, 6.45) is 10.4. The summed E-state index contributed by atoms with van der Waals surface area (Å²) in [4.78, 5) is 0. The molecule has 2 N–H and O–H groups in total. The molecule has 0 amide bonds. The van der Waals surface area contributed by atoms with Crippen LogP contribution in [-0.2, 0) is 13.0 Å². The molecule has 0 unspecified atom stereocenters. The molecule has 2 heteroatoms. The van der Waals surface area contributed by atoms with E-state index in [1.165, 1.54) is 56.1 Å². The van der Waals surface area contributed by atoms with Crippen molar-refractivity contribution in [2.45, 2.75) is 71.8 Å². The Balaban J connectivity index is 1.78. The molecule has 0 aromatic heterocycles. The SMILES string of the molecule is CCCCCCCCCc1ccc(O)c(CNc2ccc(C)cc2)c1. The fraction of sp³-hybridized carbons (Fsp3) is 0.478. The quantitative estimate of drug-likeness (QED) is 0.452. The number of aryl methyl sites for hydroxylation is 2. The van der Waals surface area contributed by atoms with Crippen molar-refractivity contribution >= 4 is 5.69 Å². The Morgan fingerprint density at radius 1 is 0.840 bits per heavy atom. The molecule has 0 saturated heterocycles. The predicted molar refractivity (Wildman–Crippen MR) is 108 cm³/mol. The Kier molecular flexibility index (Phi) is 8.38. The average Bonchev–Trinajstić information content (AvgIpc) is 2.62. The van der Waals surface area contributed by atoms with Gasteiger partial charge in [-0.15, -0.1) is 0 Å². The Morgan fingerprint density at radius 2 is 1.52 bits per heavy atom. The van der Waals surface area contributed by atoms with Gasteiger partial charge < -0.3 is 10.4 Å². The van der Waals surface area contributed by atoms with Gasteiger partial charge in [0, 0.05) is 17.8 Å². The van der Waals surface area contributed by atoms with E-state index in [4.69, 9.17) is 0 Å². The third-order valence-corrected chi connectivity index (χ3v) is 4.75. The number of nitrogens with one attached hydrogen (secondary N) is 1. The Morgan fingerprint density at radius 3 is 2.24 bits per heavy atom. The second-order valence-electron chi connectivity index (χ2n) is 7.05. The van der Waals surface area contributed by atoms with Gasteiger partial charge in [0.15, 0.2) is 0 Å². The molecule has 2 aromatic rings. The van der Waals surface area contributed by atoms with Crippen molar-refractivity contribution in [3.05, 3.63) is 59.2 Å². The summed E-state index contributed by atoms with van der Waals surface area (Å²) in [5.74, 6) is 0.378. The lowest BCUT2D eigenvalue weighted by Gasteiger charge is -2.11. The van der Waals surface area contributed by atoms with Crippen LogP contribution in [0.3, 0.4) is 0 Å². The van der Waals surface area contributed by atoms with Crippen molar-refractivity contribution < 1.29 is 5.11 Å². The van der Waals surface area contributed by atoms with E-state index < -0.39 is 0 Å². The van der Waals surface area contributed by atoms with E-state index in [1.54, 1.807) is 0 Å². The molecule has 0 aliphatic heterocycles. The van der Waals surface area contributed by atoms with E-state index in [0.29, 0.717) is 12.3 Å². The van der Waals surface area contributed by atoms with Crippen molar-refractivity contribution in [2.75, 3.05) is 5.32 Å². The zero-order chi connectivity index (χ0) is 17.9. The highest BCUT2D eigenvalue weighted by Crippen LogP contribution is 2.22. The largest absolute Gasteiger partial charge is 0.508 e. The van der Waals surface area contributed by atoms with Crippen LogP contribution < -0.4 is 5.32 Å². The number of aromatic hydroxyl groups is 1. The number of anilines is 1. The van der Waals surface area contributed by atoms with Crippen LogP contribution in [0.5, 0.6) is 5.75 Å². The van der Waals surface area contributed by atoms with Crippen LogP contribution >= 0.6 is 0 Å². The number of hydrogen-bond donors (Lipinski definition) is 2. The van der Waals surface area contributed by atoms with Gasteiger partial charge in [0.25, 0.3) is 0 Å². The van der Waals surface area contributed by atoms with E-state index in [2.05, 4.69) is 55.6 Å². The summed E-state index contributed by atoms with van der Waals surface area (Å²) in [7, 11) is 0. The van der Waals surface area contributed by atoms with Crippen LogP contribution in [-0.4, -0.2) is 5.11 Å². The van der Waals surface area contributed by atoms with E-state index in [0.717, 1.165) is 17.7 Å². The second-order valence-corrected chi connectivity index (χ2v) is 7.05. The molecule has 2 nitrogen and oxygen atoms in total. The first kappa shape index (κ1) is 19.4. The summed E-state index contributed by atoms with van der Waals surface area (Å²) in [6.45, 7) is 5.00. The fourth-order valence-electron chi connectivity index (χ4n) is 3.09. The van der Waals surface area contributed by atoms with Gasteiger partial charge in [-0.2, -0.15) is 0 Å². The number of unbranched alkanes of at least 4 members (excludes halogenated alkanes) is 6. The lowest BCUT2D eigenvalue weighted by Crippen LogP contribution is -2.00. The molecule has 0 aliphatic carbocycles. The molecule has 0 bridgehead atoms.